The van der Waals surface area contributed by atoms with Gasteiger partial charge >= 0.3 is 0 Å². The van der Waals surface area contributed by atoms with Gasteiger partial charge in [0.2, 0.25) is 0 Å². The smallest absolute Gasteiger partial charge is 0.142 e. The average Bonchev–Trinajstić information content (AvgIpc) is 2.78. The molecule has 0 aliphatic carbocycles. The van der Waals surface area contributed by atoms with Gasteiger partial charge in [-0.15, -0.1) is 11.3 Å². The molecule has 0 amide bonds. The molecule has 0 spiro atoms. The Balaban J connectivity index is 2.23. The highest BCUT2D eigenvalue weighted by atomic mass is 35.5. The van der Waals surface area contributed by atoms with E-state index in [1.165, 1.54) is 17.4 Å². The summed E-state index contributed by atoms with van der Waals surface area (Å²) in [5.74, 6) is -0.381. The summed E-state index contributed by atoms with van der Waals surface area (Å²) in [5, 5.41) is 3.39. The topological polar surface area (TPSA) is 12.0 Å². The Hall–Kier alpha value is -0.610. The first-order chi connectivity index (χ1) is 8.61. The Morgan fingerprint density at radius 3 is 2.67 bits per heavy atom. The van der Waals surface area contributed by atoms with Gasteiger partial charge in [-0.1, -0.05) is 35.3 Å². The van der Waals surface area contributed by atoms with Gasteiger partial charge in [-0.25, -0.2) is 4.39 Å². The minimum Gasteiger partial charge on any atom is -0.312 e. The molecule has 1 unspecified atom stereocenters. The highest BCUT2D eigenvalue weighted by Crippen LogP contribution is 2.31. The molecular formula is C13H12Cl2FNS. The molecule has 0 aliphatic rings. The third-order valence-corrected chi connectivity index (χ3v) is 4.51. The fourth-order valence-electron chi connectivity index (χ4n) is 1.79. The predicted octanol–water partition coefficient (Wildman–Crippen LogP) is 4.70. The van der Waals surface area contributed by atoms with Crippen molar-refractivity contribution in [3.63, 3.8) is 0 Å². The van der Waals surface area contributed by atoms with Crippen LogP contribution in [0.2, 0.25) is 9.36 Å². The van der Waals surface area contributed by atoms with Gasteiger partial charge in [0.25, 0.3) is 0 Å². The van der Waals surface area contributed by atoms with Gasteiger partial charge in [-0.2, -0.15) is 0 Å². The van der Waals surface area contributed by atoms with Crippen LogP contribution in [0.5, 0.6) is 0 Å². The molecule has 0 aliphatic heterocycles. The maximum atomic E-state index is 13.4. The molecule has 1 heterocycles. The van der Waals surface area contributed by atoms with Crippen molar-refractivity contribution >= 4 is 34.5 Å². The lowest BCUT2D eigenvalue weighted by Crippen LogP contribution is -2.18. The normalized spacial score (nSPS) is 12.7. The summed E-state index contributed by atoms with van der Waals surface area (Å²) < 4.78 is 14.1. The van der Waals surface area contributed by atoms with Crippen molar-refractivity contribution in [2.45, 2.75) is 12.5 Å². The largest absolute Gasteiger partial charge is 0.312 e. The fraction of sp³-hybridized carbons (Fsp3) is 0.231. The molecule has 1 nitrogen and oxygen atoms in total. The first-order valence-electron chi connectivity index (χ1n) is 5.47. The molecule has 0 fully saturated rings. The van der Waals surface area contributed by atoms with E-state index in [1.54, 1.807) is 6.07 Å². The number of hydrogen-bond donors (Lipinski definition) is 1. The minimum absolute atomic E-state index is 0.0850. The van der Waals surface area contributed by atoms with E-state index in [2.05, 4.69) is 5.32 Å². The van der Waals surface area contributed by atoms with E-state index in [1.807, 2.05) is 25.2 Å². The van der Waals surface area contributed by atoms with Crippen LogP contribution in [0.15, 0.2) is 30.3 Å². The van der Waals surface area contributed by atoms with Crippen molar-refractivity contribution in [2.75, 3.05) is 7.05 Å². The number of rotatable bonds is 4. The Labute approximate surface area is 120 Å². The molecular weight excluding hydrogens is 292 g/mol. The van der Waals surface area contributed by atoms with Crippen LogP contribution in [0.3, 0.4) is 0 Å². The second kappa shape index (κ2) is 6.02. The Bertz CT molecular complexity index is 542. The standard InChI is InChI=1S/C13H12Cl2FNS/c1-17-10(11-5-6-12(14)18-11)7-8-3-2-4-9(16)13(8)15/h2-6,10,17H,7H2,1H3. The molecule has 1 aromatic carbocycles. The molecule has 1 atom stereocenters. The first-order valence-corrected chi connectivity index (χ1v) is 7.04. The predicted molar refractivity (Wildman–Crippen MR) is 76.2 cm³/mol. The maximum absolute atomic E-state index is 13.4. The molecule has 0 saturated heterocycles. The van der Waals surface area contributed by atoms with E-state index in [0.717, 1.165) is 14.8 Å². The van der Waals surface area contributed by atoms with Crippen molar-refractivity contribution in [3.05, 3.63) is 55.9 Å². The zero-order valence-electron chi connectivity index (χ0n) is 9.71. The number of nitrogens with one attached hydrogen (secondary N) is 1. The molecule has 2 aromatic rings. The third-order valence-electron chi connectivity index (χ3n) is 2.74. The lowest BCUT2D eigenvalue weighted by atomic mass is 10.0. The highest BCUT2D eigenvalue weighted by molar-refractivity contribution is 7.16. The summed E-state index contributed by atoms with van der Waals surface area (Å²) in [6.07, 6.45) is 0.629. The second-order valence-electron chi connectivity index (χ2n) is 3.90. The van der Waals surface area contributed by atoms with Crippen LogP contribution in [-0.2, 0) is 6.42 Å². The summed E-state index contributed by atoms with van der Waals surface area (Å²) in [7, 11) is 1.87. The number of likely N-dealkylation sites (N-methyl/N-ethyl adjacent to an activating group) is 1. The lowest BCUT2D eigenvalue weighted by molar-refractivity contribution is 0.592. The molecule has 0 saturated carbocycles. The summed E-state index contributed by atoms with van der Waals surface area (Å²) in [6.45, 7) is 0. The molecule has 18 heavy (non-hydrogen) atoms. The SMILES string of the molecule is CNC(Cc1cccc(F)c1Cl)c1ccc(Cl)s1. The van der Waals surface area contributed by atoms with E-state index in [9.17, 15) is 4.39 Å². The van der Waals surface area contributed by atoms with Crippen molar-refractivity contribution in [2.24, 2.45) is 0 Å². The van der Waals surface area contributed by atoms with Crippen LogP contribution in [0.1, 0.15) is 16.5 Å². The van der Waals surface area contributed by atoms with Gasteiger partial charge in [-0.05, 0) is 37.2 Å². The molecule has 1 aromatic heterocycles. The number of benzene rings is 1. The summed E-state index contributed by atoms with van der Waals surface area (Å²) in [5.41, 5.74) is 0.792. The zero-order chi connectivity index (χ0) is 13.1. The molecule has 96 valence electrons. The van der Waals surface area contributed by atoms with E-state index in [0.29, 0.717) is 6.42 Å². The number of halogens is 3. The van der Waals surface area contributed by atoms with E-state index in [4.69, 9.17) is 23.2 Å². The van der Waals surface area contributed by atoms with Gasteiger partial charge in [0.15, 0.2) is 0 Å². The third kappa shape index (κ3) is 3.04. The minimum atomic E-state index is -0.381. The van der Waals surface area contributed by atoms with Crippen LogP contribution in [0.4, 0.5) is 4.39 Å². The molecule has 1 N–H and O–H groups in total. The molecule has 5 heteroatoms. The van der Waals surface area contributed by atoms with E-state index < -0.39 is 0 Å². The van der Waals surface area contributed by atoms with Gasteiger partial charge in [-0.3, -0.25) is 0 Å². The summed E-state index contributed by atoms with van der Waals surface area (Å²) in [6, 6.07) is 8.79. The van der Waals surface area contributed by atoms with Crippen molar-refractivity contribution in [1.82, 2.24) is 5.32 Å². The van der Waals surface area contributed by atoms with Crippen molar-refractivity contribution < 1.29 is 4.39 Å². The summed E-state index contributed by atoms with van der Waals surface area (Å²) >= 11 is 13.4. The van der Waals surface area contributed by atoms with Crippen LogP contribution in [-0.4, -0.2) is 7.05 Å². The van der Waals surface area contributed by atoms with Crippen LogP contribution in [0.25, 0.3) is 0 Å². The second-order valence-corrected chi connectivity index (χ2v) is 6.02. The van der Waals surface area contributed by atoms with E-state index >= 15 is 0 Å². The Morgan fingerprint density at radius 2 is 2.06 bits per heavy atom. The maximum Gasteiger partial charge on any atom is 0.142 e. The Morgan fingerprint density at radius 1 is 1.28 bits per heavy atom. The van der Waals surface area contributed by atoms with E-state index in [-0.39, 0.29) is 16.9 Å². The monoisotopic (exact) mass is 303 g/mol. The van der Waals surface area contributed by atoms with Gasteiger partial charge in [0, 0.05) is 10.9 Å². The van der Waals surface area contributed by atoms with Gasteiger partial charge in [0.05, 0.1) is 9.36 Å². The Kier molecular flexibility index (Phi) is 4.62. The quantitative estimate of drug-likeness (QED) is 0.863. The molecule has 0 bridgehead atoms. The average molecular weight is 304 g/mol. The van der Waals surface area contributed by atoms with Gasteiger partial charge in [0.1, 0.15) is 5.82 Å². The number of thiophene rings is 1. The van der Waals surface area contributed by atoms with Gasteiger partial charge < -0.3 is 5.32 Å². The molecule has 2 rings (SSSR count). The zero-order valence-corrected chi connectivity index (χ0v) is 12.0. The van der Waals surface area contributed by atoms with Crippen molar-refractivity contribution in [1.29, 1.82) is 0 Å². The lowest BCUT2D eigenvalue weighted by Gasteiger charge is -2.15. The highest BCUT2D eigenvalue weighted by Gasteiger charge is 2.15. The van der Waals surface area contributed by atoms with Crippen LogP contribution >= 0.6 is 34.5 Å². The van der Waals surface area contributed by atoms with Crippen molar-refractivity contribution in [3.8, 4) is 0 Å². The fourth-order valence-corrected chi connectivity index (χ4v) is 3.16. The number of hydrogen-bond acceptors (Lipinski definition) is 2. The summed E-state index contributed by atoms with van der Waals surface area (Å²) in [4.78, 5) is 1.11. The molecule has 0 radical (unpaired) electrons. The first kappa shape index (κ1) is 13.8. The van der Waals surface area contributed by atoms with Crippen LogP contribution < -0.4 is 5.32 Å². The van der Waals surface area contributed by atoms with Crippen LogP contribution in [0, 0.1) is 5.82 Å².